The molecule has 3 unspecified atom stereocenters. The molecule has 118 valence electrons. The van der Waals surface area contributed by atoms with Gasteiger partial charge in [-0.2, -0.15) is 11.8 Å². The Morgan fingerprint density at radius 2 is 2.10 bits per heavy atom. The quantitative estimate of drug-likeness (QED) is 0.841. The number of hydrogen-bond donors (Lipinski definition) is 1. The molecule has 4 nitrogen and oxygen atoms in total. The van der Waals surface area contributed by atoms with Crippen LogP contribution in [0.1, 0.15) is 38.5 Å². The predicted octanol–water partition coefficient (Wildman–Crippen LogP) is 1.92. The zero-order valence-corrected chi connectivity index (χ0v) is 14.3. The second kappa shape index (κ2) is 7.47. The molecule has 0 aliphatic carbocycles. The molecule has 0 saturated carbocycles. The van der Waals surface area contributed by atoms with Crippen molar-refractivity contribution in [3.05, 3.63) is 0 Å². The highest BCUT2D eigenvalue weighted by molar-refractivity contribution is 8.00. The van der Waals surface area contributed by atoms with Crippen LogP contribution in [-0.2, 0) is 10.0 Å². The van der Waals surface area contributed by atoms with E-state index in [1.54, 1.807) is 4.31 Å². The molecular weight excluding hydrogens is 292 g/mol. The van der Waals surface area contributed by atoms with Crippen molar-refractivity contribution in [3.63, 3.8) is 0 Å². The number of nitrogens with one attached hydrogen (secondary N) is 1. The summed E-state index contributed by atoms with van der Waals surface area (Å²) < 4.78 is 25.1. The SMILES string of the molecule is CNC(CC1CCCN(S(C)(=O)=O)C1)C1CCCCS1. The first-order chi connectivity index (χ1) is 9.50. The molecule has 0 amide bonds. The summed E-state index contributed by atoms with van der Waals surface area (Å²) in [6.07, 6.45) is 8.62. The van der Waals surface area contributed by atoms with Gasteiger partial charge in [0.2, 0.25) is 10.0 Å². The molecule has 0 aromatic carbocycles. The fourth-order valence-corrected chi connectivity index (χ4v) is 5.85. The first-order valence-electron chi connectivity index (χ1n) is 7.74. The van der Waals surface area contributed by atoms with Gasteiger partial charge in [0.15, 0.2) is 0 Å². The largest absolute Gasteiger partial charge is 0.316 e. The van der Waals surface area contributed by atoms with E-state index in [-0.39, 0.29) is 0 Å². The molecule has 1 N–H and O–H groups in total. The number of thioether (sulfide) groups is 1. The highest BCUT2D eigenvalue weighted by atomic mass is 32.2. The van der Waals surface area contributed by atoms with Gasteiger partial charge in [0.1, 0.15) is 0 Å². The fourth-order valence-electron chi connectivity index (χ4n) is 3.42. The van der Waals surface area contributed by atoms with E-state index in [2.05, 4.69) is 24.1 Å². The third kappa shape index (κ3) is 4.61. The lowest BCUT2D eigenvalue weighted by molar-refractivity contribution is 0.237. The summed E-state index contributed by atoms with van der Waals surface area (Å²) in [6.45, 7) is 1.42. The van der Waals surface area contributed by atoms with E-state index in [0.29, 0.717) is 30.3 Å². The summed E-state index contributed by atoms with van der Waals surface area (Å²) >= 11 is 2.10. The lowest BCUT2D eigenvalue weighted by atomic mass is 9.90. The van der Waals surface area contributed by atoms with E-state index in [4.69, 9.17) is 0 Å². The Kier molecular flexibility index (Phi) is 6.20. The zero-order valence-electron chi connectivity index (χ0n) is 12.7. The first-order valence-corrected chi connectivity index (χ1v) is 10.6. The van der Waals surface area contributed by atoms with Crippen LogP contribution in [0.4, 0.5) is 0 Å². The van der Waals surface area contributed by atoms with Gasteiger partial charge in [-0.25, -0.2) is 12.7 Å². The van der Waals surface area contributed by atoms with Crippen LogP contribution in [0.15, 0.2) is 0 Å². The van der Waals surface area contributed by atoms with Crippen molar-refractivity contribution in [2.24, 2.45) is 5.92 Å². The maximum Gasteiger partial charge on any atom is 0.211 e. The molecule has 3 atom stereocenters. The summed E-state index contributed by atoms with van der Waals surface area (Å²) in [5, 5.41) is 4.19. The molecule has 0 aromatic rings. The first kappa shape index (κ1) is 16.6. The Hall–Kier alpha value is 0.220. The van der Waals surface area contributed by atoms with Crippen molar-refractivity contribution in [2.45, 2.75) is 49.8 Å². The van der Waals surface area contributed by atoms with Gasteiger partial charge in [0.25, 0.3) is 0 Å². The molecule has 2 aliphatic rings. The summed E-state index contributed by atoms with van der Waals surface area (Å²) in [4.78, 5) is 0. The number of hydrogen-bond acceptors (Lipinski definition) is 4. The van der Waals surface area contributed by atoms with Crippen LogP contribution in [0.5, 0.6) is 0 Å². The standard InChI is InChI=1S/C14H28N2O2S2/c1-15-13(14-7-3-4-9-19-14)10-12-6-5-8-16(11-12)20(2,17)18/h12-15H,3-11H2,1-2H3. The molecule has 2 aliphatic heterocycles. The Morgan fingerprint density at radius 1 is 1.30 bits per heavy atom. The van der Waals surface area contributed by atoms with Gasteiger partial charge in [0.05, 0.1) is 6.26 Å². The summed E-state index contributed by atoms with van der Waals surface area (Å²) in [5.41, 5.74) is 0. The van der Waals surface area contributed by atoms with Crippen molar-refractivity contribution in [1.29, 1.82) is 0 Å². The van der Waals surface area contributed by atoms with Crippen LogP contribution in [0.3, 0.4) is 0 Å². The number of rotatable bonds is 5. The molecule has 2 saturated heterocycles. The fraction of sp³-hybridized carbons (Fsp3) is 1.00. The van der Waals surface area contributed by atoms with E-state index < -0.39 is 10.0 Å². The van der Waals surface area contributed by atoms with E-state index in [1.807, 2.05) is 0 Å². The molecular formula is C14H28N2O2S2. The van der Waals surface area contributed by atoms with Crippen molar-refractivity contribution in [3.8, 4) is 0 Å². The zero-order chi connectivity index (χ0) is 14.6. The average molecular weight is 321 g/mol. The topological polar surface area (TPSA) is 49.4 Å². The van der Waals surface area contributed by atoms with Gasteiger partial charge in [-0.1, -0.05) is 6.42 Å². The van der Waals surface area contributed by atoms with Gasteiger partial charge in [-0.15, -0.1) is 0 Å². The van der Waals surface area contributed by atoms with Crippen LogP contribution < -0.4 is 5.32 Å². The summed E-state index contributed by atoms with van der Waals surface area (Å²) in [7, 11) is -0.966. The summed E-state index contributed by atoms with van der Waals surface area (Å²) in [6, 6.07) is 0.532. The van der Waals surface area contributed by atoms with Crippen LogP contribution >= 0.6 is 11.8 Å². The van der Waals surface area contributed by atoms with Crippen LogP contribution in [-0.4, -0.2) is 56.2 Å². The minimum absolute atomic E-state index is 0.512. The number of nitrogens with zero attached hydrogens (tertiary/aromatic N) is 1. The van der Waals surface area contributed by atoms with Crippen molar-refractivity contribution < 1.29 is 8.42 Å². The third-order valence-electron chi connectivity index (χ3n) is 4.57. The second-order valence-corrected chi connectivity index (χ2v) is 9.49. The van der Waals surface area contributed by atoms with Crippen LogP contribution in [0, 0.1) is 5.92 Å². The Labute approximate surface area is 128 Å². The van der Waals surface area contributed by atoms with E-state index in [0.717, 1.165) is 12.8 Å². The Balaban J connectivity index is 1.90. The Bertz CT molecular complexity index is 394. The van der Waals surface area contributed by atoms with Crippen LogP contribution in [0.2, 0.25) is 0 Å². The molecule has 0 radical (unpaired) electrons. The average Bonchev–Trinajstić information content (AvgIpc) is 2.45. The second-order valence-electron chi connectivity index (χ2n) is 6.17. The van der Waals surface area contributed by atoms with Crippen molar-refractivity contribution >= 4 is 21.8 Å². The van der Waals surface area contributed by atoms with Gasteiger partial charge in [0, 0.05) is 24.4 Å². The molecule has 2 heterocycles. The highest BCUT2D eigenvalue weighted by Crippen LogP contribution is 2.32. The molecule has 2 rings (SSSR count). The lowest BCUT2D eigenvalue weighted by Gasteiger charge is -2.36. The smallest absolute Gasteiger partial charge is 0.211 e. The molecule has 6 heteroatoms. The van der Waals surface area contributed by atoms with Gasteiger partial charge < -0.3 is 5.32 Å². The molecule has 0 aromatic heterocycles. The number of piperidine rings is 1. The third-order valence-corrected chi connectivity index (χ3v) is 7.36. The predicted molar refractivity (Wildman–Crippen MR) is 86.7 cm³/mol. The van der Waals surface area contributed by atoms with Crippen molar-refractivity contribution in [1.82, 2.24) is 9.62 Å². The molecule has 0 spiro atoms. The normalized spacial score (nSPS) is 31.1. The Morgan fingerprint density at radius 3 is 2.70 bits per heavy atom. The summed E-state index contributed by atoms with van der Waals surface area (Å²) in [5.74, 6) is 1.79. The van der Waals surface area contributed by atoms with E-state index >= 15 is 0 Å². The maximum atomic E-state index is 11.7. The highest BCUT2D eigenvalue weighted by Gasteiger charge is 2.30. The molecule has 0 bridgehead atoms. The van der Waals surface area contributed by atoms with Gasteiger partial charge in [-0.05, 0) is 50.8 Å². The van der Waals surface area contributed by atoms with Crippen molar-refractivity contribution in [2.75, 3.05) is 32.1 Å². The van der Waals surface area contributed by atoms with E-state index in [1.165, 1.54) is 37.7 Å². The molecule has 20 heavy (non-hydrogen) atoms. The number of sulfonamides is 1. The molecule has 2 fully saturated rings. The minimum Gasteiger partial charge on any atom is -0.316 e. The lowest BCUT2D eigenvalue weighted by Crippen LogP contribution is -2.44. The minimum atomic E-state index is -3.02. The monoisotopic (exact) mass is 320 g/mol. The van der Waals surface area contributed by atoms with Gasteiger partial charge in [-0.3, -0.25) is 0 Å². The van der Waals surface area contributed by atoms with Gasteiger partial charge >= 0.3 is 0 Å². The van der Waals surface area contributed by atoms with Crippen LogP contribution in [0.25, 0.3) is 0 Å². The van der Waals surface area contributed by atoms with E-state index in [9.17, 15) is 8.42 Å². The maximum absolute atomic E-state index is 11.7.